The molecule has 1 aliphatic heterocycles. The molecule has 3 unspecified atom stereocenters. The van der Waals surface area contributed by atoms with Gasteiger partial charge in [-0.2, -0.15) is 5.10 Å². The number of para-hydroxylation sites is 1. The molecule has 0 bridgehead atoms. The largest absolute Gasteiger partial charge is 0.489 e. The van der Waals surface area contributed by atoms with Crippen molar-refractivity contribution in [1.82, 2.24) is 19.9 Å². The van der Waals surface area contributed by atoms with E-state index in [1.165, 1.54) is 10.8 Å². The van der Waals surface area contributed by atoms with Gasteiger partial charge >= 0.3 is 0 Å². The van der Waals surface area contributed by atoms with E-state index in [9.17, 15) is 14.0 Å². The number of ether oxygens (including phenoxy) is 1. The molecule has 1 aromatic carbocycles. The number of fused-ring (bicyclic) bond motifs is 3. The van der Waals surface area contributed by atoms with Crippen molar-refractivity contribution in [2.75, 3.05) is 6.61 Å². The lowest BCUT2D eigenvalue weighted by Gasteiger charge is -2.19. The lowest BCUT2D eigenvalue weighted by atomic mass is 9.97. The summed E-state index contributed by atoms with van der Waals surface area (Å²) in [7, 11) is 0. The number of hydrogen-bond acceptors (Lipinski definition) is 5. The van der Waals surface area contributed by atoms with Crippen molar-refractivity contribution in [2.45, 2.75) is 25.6 Å². The zero-order valence-corrected chi connectivity index (χ0v) is 14.6. The van der Waals surface area contributed by atoms with Gasteiger partial charge in [-0.05, 0) is 18.6 Å². The van der Waals surface area contributed by atoms with Gasteiger partial charge in [0.2, 0.25) is 0 Å². The molecule has 2 aromatic heterocycles. The zero-order valence-electron chi connectivity index (χ0n) is 14.6. The third-order valence-corrected chi connectivity index (χ3v) is 4.96. The van der Waals surface area contributed by atoms with Gasteiger partial charge in [0.05, 0.1) is 11.6 Å². The first-order chi connectivity index (χ1) is 13.0. The van der Waals surface area contributed by atoms with Crippen LogP contribution in [0.5, 0.6) is 5.75 Å². The zero-order chi connectivity index (χ0) is 19.1. The van der Waals surface area contributed by atoms with Gasteiger partial charge in [0.1, 0.15) is 24.2 Å². The second-order valence-electron chi connectivity index (χ2n) is 6.51. The number of carbonyl (C=O) groups is 2. The van der Waals surface area contributed by atoms with Gasteiger partial charge in [0.25, 0.3) is 11.8 Å². The van der Waals surface area contributed by atoms with E-state index >= 15 is 0 Å². The Bertz CT molecular complexity index is 1050. The van der Waals surface area contributed by atoms with Crippen LogP contribution in [0, 0.1) is 5.92 Å². The van der Waals surface area contributed by atoms with Crippen LogP contribution >= 0.6 is 0 Å². The fourth-order valence-electron chi connectivity index (χ4n) is 3.59. The van der Waals surface area contributed by atoms with Crippen LogP contribution in [-0.4, -0.2) is 45.2 Å². The number of nitrogens with two attached hydrogens (primary N) is 1. The summed E-state index contributed by atoms with van der Waals surface area (Å²) in [5.74, 6) is -1.14. The molecule has 140 valence electrons. The smallest absolute Gasteiger partial charge is 0.255 e. The minimum absolute atomic E-state index is 0.123. The molecule has 3 atom stereocenters. The number of benzene rings is 1. The van der Waals surface area contributed by atoms with Gasteiger partial charge in [0.15, 0.2) is 11.8 Å². The van der Waals surface area contributed by atoms with E-state index in [-0.39, 0.29) is 12.2 Å². The Morgan fingerprint density at radius 2 is 2.26 bits per heavy atom. The number of nitrogens with zero attached hydrogens (tertiary/aromatic N) is 3. The average Bonchev–Trinajstić information content (AvgIpc) is 3.24. The minimum Gasteiger partial charge on any atom is -0.489 e. The molecular weight excluding hydrogens is 353 g/mol. The van der Waals surface area contributed by atoms with Crippen LogP contribution in [0.15, 0.2) is 30.6 Å². The monoisotopic (exact) mass is 371 g/mol. The minimum atomic E-state index is -1.52. The molecule has 8 nitrogen and oxygen atoms in total. The van der Waals surface area contributed by atoms with Crippen molar-refractivity contribution >= 4 is 28.4 Å². The van der Waals surface area contributed by atoms with Crippen LogP contribution in [0.4, 0.5) is 4.39 Å². The number of amides is 2. The first-order valence-electron chi connectivity index (χ1n) is 8.63. The Labute approximate surface area is 153 Å². The summed E-state index contributed by atoms with van der Waals surface area (Å²) < 4.78 is 21.4. The van der Waals surface area contributed by atoms with Gasteiger partial charge in [0, 0.05) is 11.3 Å². The predicted molar refractivity (Wildman–Crippen MR) is 95.1 cm³/mol. The van der Waals surface area contributed by atoms with Gasteiger partial charge in [-0.1, -0.05) is 19.1 Å². The summed E-state index contributed by atoms with van der Waals surface area (Å²) in [4.78, 5) is 27.4. The van der Waals surface area contributed by atoms with E-state index < -0.39 is 29.9 Å². The topological polar surface area (TPSA) is 112 Å². The maximum Gasteiger partial charge on any atom is 0.255 e. The first kappa shape index (κ1) is 17.2. The molecule has 3 N–H and O–H groups in total. The SMILES string of the molecule is CCC1C(COc2cccc3cc(C(N)=O)c4ncnn4c23)NC(=O)C1F. The normalized spacial score (nSPS) is 22.3. The second kappa shape index (κ2) is 6.49. The van der Waals surface area contributed by atoms with E-state index in [0.29, 0.717) is 28.7 Å². The number of hydrogen-bond donors (Lipinski definition) is 2. The molecule has 4 rings (SSSR count). The molecule has 3 aromatic rings. The lowest BCUT2D eigenvalue weighted by molar-refractivity contribution is -0.123. The second-order valence-corrected chi connectivity index (χ2v) is 6.51. The highest BCUT2D eigenvalue weighted by Crippen LogP contribution is 2.29. The highest BCUT2D eigenvalue weighted by molar-refractivity contribution is 6.03. The molecule has 2 amide bonds. The molecule has 1 saturated heterocycles. The molecule has 0 aliphatic carbocycles. The summed E-state index contributed by atoms with van der Waals surface area (Å²) >= 11 is 0. The van der Waals surface area contributed by atoms with Crippen molar-refractivity contribution in [3.8, 4) is 5.75 Å². The van der Waals surface area contributed by atoms with Crippen molar-refractivity contribution in [3.63, 3.8) is 0 Å². The Kier molecular flexibility index (Phi) is 4.14. The quantitative estimate of drug-likeness (QED) is 0.700. The van der Waals surface area contributed by atoms with Crippen LogP contribution in [0.3, 0.4) is 0 Å². The standard InChI is InChI=1S/C18H18FN5O3/c1-2-10-12(23-18(26)14(10)19)7-27-13-5-3-4-9-6-11(16(20)25)17-21-8-22-24(17)15(9)13/h3-6,8,10,12,14H,2,7H2,1H3,(H2,20,25)(H,23,26). The van der Waals surface area contributed by atoms with E-state index in [1.807, 2.05) is 6.92 Å². The molecule has 3 heterocycles. The maximum atomic E-state index is 14.0. The third kappa shape index (κ3) is 2.75. The Hall–Kier alpha value is -3.23. The van der Waals surface area contributed by atoms with Crippen LogP contribution in [0.25, 0.3) is 16.6 Å². The Morgan fingerprint density at radius 1 is 1.44 bits per heavy atom. The highest BCUT2D eigenvalue weighted by Gasteiger charge is 2.41. The third-order valence-electron chi connectivity index (χ3n) is 4.96. The fourth-order valence-corrected chi connectivity index (χ4v) is 3.59. The van der Waals surface area contributed by atoms with E-state index in [4.69, 9.17) is 10.5 Å². The molecule has 1 fully saturated rings. The van der Waals surface area contributed by atoms with Gasteiger partial charge in [-0.3, -0.25) is 9.59 Å². The summed E-state index contributed by atoms with van der Waals surface area (Å²) in [5, 5.41) is 7.52. The molecular formula is C18H18FN5O3. The molecule has 0 spiro atoms. The van der Waals surface area contributed by atoms with Crippen LogP contribution in [0.2, 0.25) is 0 Å². The van der Waals surface area contributed by atoms with E-state index in [1.54, 1.807) is 24.3 Å². The summed E-state index contributed by atoms with van der Waals surface area (Å²) in [5.41, 5.74) is 6.64. The number of primary amides is 1. The predicted octanol–water partition coefficient (Wildman–Crippen LogP) is 1.22. The van der Waals surface area contributed by atoms with Crippen molar-refractivity contribution in [2.24, 2.45) is 11.7 Å². The van der Waals surface area contributed by atoms with Crippen molar-refractivity contribution < 1.29 is 18.7 Å². The summed E-state index contributed by atoms with van der Waals surface area (Å²) in [6, 6.07) is 6.55. The van der Waals surface area contributed by atoms with E-state index in [0.717, 1.165) is 0 Å². The molecule has 0 radical (unpaired) electrons. The Balaban J connectivity index is 1.72. The van der Waals surface area contributed by atoms with E-state index in [2.05, 4.69) is 15.4 Å². The number of aromatic nitrogens is 3. The van der Waals surface area contributed by atoms with Gasteiger partial charge in [-0.25, -0.2) is 13.9 Å². The number of pyridine rings is 1. The summed E-state index contributed by atoms with van der Waals surface area (Å²) in [6.45, 7) is 1.96. The number of alkyl halides is 1. The summed E-state index contributed by atoms with van der Waals surface area (Å²) in [6.07, 6.45) is 0.339. The fraction of sp³-hybridized carbons (Fsp3) is 0.333. The molecule has 27 heavy (non-hydrogen) atoms. The molecule has 0 saturated carbocycles. The van der Waals surface area contributed by atoms with Crippen LogP contribution in [-0.2, 0) is 4.79 Å². The maximum absolute atomic E-state index is 14.0. The number of rotatable bonds is 5. The highest BCUT2D eigenvalue weighted by atomic mass is 19.1. The Morgan fingerprint density at radius 3 is 3.00 bits per heavy atom. The van der Waals surface area contributed by atoms with Crippen molar-refractivity contribution in [1.29, 1.82) is 0 Å². The molecule has 9 heteroatoms. The van der Waals surface area contributed by atoms with Crippen LogP contribution < -0.4 is 15.8 Å². The average molecular weight is 371 g/mol. The molecule has 1 aliphatic rings. The van der Waals surface area contributed by atoms with Crippen molar-refractivity contribution in [3.05, 3.63) is 36.2 Å². The van der Waals surface area contributed by atoms with Gasteiger partial charge < -0.3 is 15.8 Å². The first-order valence-corrected chi connectivity index (χ1v) is 8.63. The number of halogens is 1. The lowest BCUT2D eigenvalue weighted by Crippen LogP contribution is -2.34. The number of nitrogens with one attached hydrogen (secondary N) is 1. The van der Waals surface area contributed by atoms with Crippen LogP contribution in [0.1, 0.15) is 23.7 Å². The number of carbonyl (C=O) groups excluding carboxylic acids is 2. The van der Waals surface area contributed by atoms with Gasteiger partial charge in [-0.15, -0.1) is 0 Å².